The van der Waals surface area contributed by atoms with Gasteiger partial charge in [0.25, 0.3) is 0 Å². The number of thioether (sulfide) groups is 1. The van der Waals surface area contributed by atoms with Gasteiger partial charge in [0.2, 0.25) is 0 Å². The fourth-order valence-electron chi connectivity index (χ4n) is 3.61. The average molecular weight is 410 g/mol. The summed E-state index contributed by atoms with van der Waals surface area (Å²) in [6, 6.07) is -0.554. The maximum atomic E-state index is 11.2. The van der Waals surface area contributed by atoms with Crippen LogP contribution in [-0.4, -0.2) is 82.7 Å². The minimum absolute atomic E-state index is 0.149. The van der Waals surface area contributed by atoms with Crippen LogP contribution < -0.4 is 11.1 Å². The van der Waals surface area contributed by atoms with E-state index >= 15 is 0 Å². The number of piperidine rings is 1. The van der Waals surface area contributed by atoms with E-state index < -0.39 is 36.6 Å². The molecule has 11 nitrogen and oxygen atoms in total. The van der Waals surface area contributed by atoms with E-state index in [0.29, 0.717) is 29.9 Å². The maximum Gasteiger partial charge on any atom is 0.320 e. The maximum absolute atomic E-state index is 11.2. The van der Waals surface area contributed by atoms with Gasteiger partial charge in [-0.1, -0.05) is 0 Å². The van der Waals surface area contributed by atoms with Crippen molar-refractivity contribution in [1.29, 1.82) is 0 Å². The van der Waals surface area contributed by atoms with Gasteiger partial charge in [-0.3, -0.25) is 9.36 Å². The largest absolute Gasteiger partial charge is 0.480 e. The molecule has 0 bridgehead atoms. The van der Waals surface area contributed by atoms with Gasteiger partial charge in [-0.2, -0.15) is 11.8 Å². The van der Waals surface area contributed by atoms with Crippen LogP contribution in [0.3, 0.4) is 0 Å². The first-order chi connectivity index (χ1) is 13.5. The Bertz CT molecular complexity index is 865. The highest BCUT2D eigenvalue weighted by molar-refractivity contribution is 7.99. The number of nitrogens with zero attached hydrogens (tertiary/aromatic N) is 4. The topological polar surface area (TPSA) is 169 Å². The summed E-state index contributed by atoms with van der Waals surface area (Å²) >= 11 is 1.56. The Morgan fingerprint density at radius 2 is 2.18 bits per heavy atom. The molecule has 6 N–H and O–H groups in total. The molecular formula is C16H22N6O5S. The number of aromatic nitrogens is 4. The van der Waals surface area contributed by atoms with E-state index in [2.05, 4.69) is 20.3 Å². The van der Waals surface area contributed by atoms with Crippen molar-refractivity contribution >= 4 is 34.7 Å². The molecule has 0 unspecified atom stereocenters. The number of nitrogens with two attached hydrogens (primary N) is 1. The molecule has 2 fully saturated rings. The van der Waals surface area contributed by atoms with Crippen molar-refractivity contribution in [2.75, 3.05) is 18.0 Å². The van der Waals surface area contributed by atoms with Gasteiger partial charge in [-0.15, -0.1) is 0 Å². The van der Waals surface area contributed by atoms with Gasteiger partial charge in [0.05, 0.1) is 12.4 Å². The molecule has 4 rings (SSSR count). The zero-order chi connectivity index (χ0) is 19.8. The molecule has 0 saturated carbocycles. The molecule has 12 heteroatoms. The minimum atomic E-state index is -1.15. The third-order valence-corrected chi connectivity index (χ3v) is 6.57. The third-order valence-electron chi connectivity index (χ3n) is 5.15. The number of anilines is 1. The predicted molar refractivity (Wildman–Crippen MR) is 101 cm³/mol. The molecule has 2 aliphatic rings. The van der Waals surface area contributed by atoms with Crippen molar-refractivity contribution in [1.82, 2.24) is 24.8 Å². The van der Waals surface area contributed by atoms with E-state index in [4.69, 9.17) is 15.6 Å². The normalized spacial score (nSPS) is 33.4. The third kappa shape index (κ3) is 3.53. The first kappa shape index (κ1) is 19.3. The number of rotatable bonds is 5. The number of aliphatic hydroxyl groups is 2. The molecule has 2 aliphatic heterocycles. The van der Waals surface area contributed by atoms with Gasteiger partial charge in [-0.05, 0) is 19.4 Å². The average Bonchev–Trinajstić information content (AvgIpc) is 3.23. The highest BCUT2D eigenvalue weighted by atomic mass is 32.2. The number of nitrogens with one attached hydrogen (secondary N) is 1. The van der Waals surface area contributed by atoms with Crippen molar-refractivity contribution in [2.45, 2.75) is 48.7 Å². The highest BCUT2D eigenvalue weighted by Crippen LogP contribution is 2.35. The Morgan fingerprint density at radius 1 is 1.36 bits per heavy atom. The van der Waals surface area contributed by atoms with E-state index in [1.54, 1.807) is 11.8 Å². The lowest BCUT2D eigenvalue weighted by Gasteiger charge is -2.28. The number of carboxylic acid groups (broad SMARTS) is 1. The number of aliphatic hydroxyl groups excluding tert-OH is 2. The highest BCUT2D eigenvalue weighted by Gasteiger charge is 2.44. The Balaban J connectivity index is 1.43. The predicted octanol–water partition coefficient (Wildman–Crippen LogP) is -1.03. The Morgan fingerprint density at radius 3 is 2.96 bits per heavy atom. The van der Waals surface area contributed by atoms with E-state index in [1.807, 2.05) is 0 Å². The molecule has 0 amide bonds. The summed E-state index contributed by atoms with van der Waals surface area (Å²) in [5, 5.41) is 33.2. The van der Waals surface area contributed by atoms with Crippen molar-refractivity contribution in [3.63, 3.8) is 0 Å². The summed E-state index contributed by atoms with van der Waals surface area (Å²) in [4.78, 5) is 23.4. The van der Waals surface area contributed by atoms with Gasteiger partial charge in [0, 0.05) is 11.0 Å². The summed E-state index contributed by atoms with van der Waals surface area (Å²) in [6.45, 7) is 0.635. The van der Waals surface area contributed by atoms with Crippen LogP contribution in [0.1, 0.15) is 19.1 Å². The number of ether oxygens (including phenoxy) is 1. The molecular weight excluding hydrogens is 388 g/mol. The number of imidazole rings is 1. The first-order valence-electron chi connectivity index (χ1n) is 8.98. The summed E-state index contributed by atoms with van der Waals surface area (Å²) in [5.74, 6) is -0.191. The molecule has 0 radical (unpaired) electrons. The number of carboxylic acids is 1. The second kappa shape index (κ2) is 7.79. The van der Waals surface area contributed by atoms with Crippen molar-refractivity contribution in [3.05, 3.63) is 12.7 Å². The van der Waals surface area contributed by atoms with Gasteiger partial charge >= 0.3 is 5.97 Å². The van der Waals surface area contributed by atoms with Crippen LogP contribution in [0, 0.1) is 0 Å². The Labute approximate surface area is 164 Å². The first-order valence-corrected chi connectivity index (χ1v) is 10.0. The van der Waals surface area contributed by atoms with Crippen LogP contribution in [0.2, 0.25) is 0 Å². The molecule has 0 spiro atoms. The minimum Gasteiger partial charge on any atom is -0.480 e. The quantitative estimate of drug-likeness (QED) is 0.408. The second-order valence-corrected chi connectivity index (χ2v) is 8.29. The van der Waals surface area contributed by atoms with Crippen molar-refractivity contribution in [2.24, 2.45) is 0 Å². The fraction of sp³-hybridized carbons (Fsp3) is 0.625. The van der Waals surface area contributed by atoms with Gasteiger partial charge in [0.15, 0.2) is 17.7 Å². The molecule has 2 saturated heterocycles. The summed E-state index contributed by atoms with van der Waals surface area (Å²) in [5.41, 5.74) is 6.61. The van der Waals surface area contributed by atoms with Crippen LogP contribution in [0.5, 0.6) is 0 Å². The summed E-state index contributed by atoms with van der Waals surface area (Å²) in [7, 11) is 0. The SMILES string of the molecule is Nc1ncnc2c1ncn2[C@@H]1O[C@H](CS[C@H]2CCN[C@@H](C(=O)O)C2)[C@@H](O)[C@H]1O. The van der Waals surface area contributed by atoms with Crippen molar-refractivity contribution < 1.29 is 24.9 Å². The van der Waals surface area contributed by atoms with Gasteiger partial charge < -0.3 is 31.1 Å². The van der Waals surface area contributed by atoms with Crippen LogP contribution in [0.4, 0.5) is 5.82 Å². The summed E-state index contributed by atoms with van der Waals surface area (Å²) in [6.07, 6.45) is 0.431. The van der Waals surface area contributed by atoms with Gasteiger partial charge in [-0.25, -0.2) is 15.0 Å². The number of aliphatic carboxylic acids is 1. The molecule has 4 heterocycles. The van der Waals surface area contributed by atoms with Crippen LogP contribution in [0.25, 0.3) is 11.2 Å². The lowest BCUT2D eigenvalue weighted by Crippen LogP contribution is -2.44. The zero-order valence-electron chi connectivity index (χ0n) is 14.9. The number of fused-ring (bicyclic) bond motifs is 1. The molecule has 152 valence electrons. The van der Waals surface area contributed by atoms with E-state index in [9.17, 15) is 15.0 Å². The number of hydrogen-bond acceptors (Lipinski definition) is 10. The molecule has 2 aromatic rings. The number of nitrogen functional groups attached to an aromatic ring is 1. The molecule has 28 heavy (non-hydrogen) atoms. The van der Waals surface area contributed by atoms with Gasteiger partial charge in [0.1, 0.15) is 30.1 Å². The molecule has 0 aromatic carbocycles. The fourth-order valence-corrected chi connectivity index (χ4v) is 4.96. The molecule has 0 aliphatic carbocycles. The number of carbonyl (C=O) groups is 1. The van der Waals surface area contributed by atoms with Crippen LogP contribution in [0.15, 0.2) is 12.7 Å². The molecule has 2 aromatic heterocycles. The zero-order valence-corrected chi connectivity index (χ0v) is 15.7. The lowest BCUT2D eigenvalue weighted by atomic mass is 10.1. The molecule has 6 atom stereocenters. The Hall–Kier alpha value is -1.99. The second-order valence-electron chi connectivity index (χ2n) is 6.95. The monoisotopic (exact) mass is 410 g/mol. The lowest BCUT2D eigenvalue weighted by molar-refractivity contribution is -0.140. The van der Waals surface area contributed by atoms with Crippen molar-refractivity contribution in [3.8, 4) is 0 Å². The number of hydrogen-bond donors (Lipinski definition) is 5. The van der Waals surface area contributed by atoms with Crippen LogP contribution in [-0.2, 0) is 9.53 Å². The van der Waals surface area contributed by atoms with E-state index in [0.717, 1.165) is 6.42 Å². The smallest absolute Gasteiger partial charge is 0.320 e. The standard InChI is InChI=1S/C16H22N6O5S/c17-13-10-14(20-5-19-13)22(6-21-10)15-12(24)11(23)9(27-15)4-28-7-1-2-18-8(3-7)16(25)26/h5-9,11-12,15,18,23-24H,1-4H2,(H,25,26)(H2,17,19,20)/t7-,8+,9+,11+,12+,15+/m0/s1. The van der Waals surface area contributed by atoms with E-state index in [1.165, 1.54) is 17.2 Å². The van der Waals surface area contributed by atoms with Crippen LogP contribution >= 0.6 is 11.8 Å². The summed E-state index contributed by atoms with van der Waals surface area (Å²) < 4.78 is 7.45. The Kier molecular flexibility index (Phi) is 5.38. The van der Waals surface area contributed by atoms with E-state index in [-0.39, 0.29) is 11.1 Å².